The molecule has 2 fully saturated rings. The number of carbonyl (C=O) groups is 5. The van der Waals surface area contributed by atoms with Crippen molar-refractivity contribution in [1.29, 1.82) is 0 Å². The number of hydrogen-bond donors (Lipinski definition) is 2. The maximum atomic E-state index is 14.7. The Balaban J connectivity index is 1.45. The minimum Gasteiger partial charge on any atom is -0.464 e. The topological polar surface area (TPSA) is 155 Å². The predicted octanol–water partition coefficient (Wildman–Crippen LogP) is 7.11. The van der Waals surface area contributed by atoms with Crippen molar-refractivity contribution in [2.24, 2.45) is 22.2 Å². The van der Waals surface area contributed by atoms with Gasteiger partial charge in [-0.3, -0.25) is 34.0 Å². The molecule has 68 heavy (non-hydrogen) atoms. The zero-order valence-corrected chi connectivity index (χ0v) is 40.6. The summed E-state index contributed by atoms with van der Waals surface area (Å²) in [6, 6.07) is 11.0. The van der Waals surface area contributed by atoms with Gasteiger partial charge in [-0.15, -0.1) is 0 Å². The molecule has 14 nitrogen and oxygen atoms in total. The van der Waals surface area contributed by atoms with Crippen molar-refractivity contribution in [2.45, 2.75) is 118 Å². The lowest BCUT2D eigenvalue weighted by atomic mass is 9.84. The van der Waals surface area contributed by atoms with Gasteiger partial charge in [-0.05, 0) is 92.8 Å². The summed E-state index contributed by atoms with van der Waals surface area (Å²) < 4.78 is 40.6. The Bertz CT molecular complexity index is 2480. The van der Waals surface area contributed by atoms with Crippen LogP contribution < -0.4 is 10.7 Å². The SMILES string of the molecule is C=CC(=O)N1CCC(C(=O)N(C)[C@H](C(=O)N[C@H]2Cc3cccc(c3)-c3ccc4c(c3)c(c(/C(C=C)=C(/N=C\C)[C@H](C)OC(F)F)n4CC)CC(C)(C)COC(=O)[C@@H]3CCCN(N3)C2=O)C(C)C)C1. The number of benzene rings is 2. The lowest BCUT2D eigenvalue weighted by Gasteiger charge is -2.37. The molecule has 6 rings (SSSR count). The van der Waals surface area contributed by atoms with Crippen LogP contribution in [0.15, 0.2) is 78.5 Å². The number of ether oxygens (including phenoxy) is 2. The van der Waals surface area contributed by atoms with Crippen LogP contribution in [0.4, 0.5) is 8.78 Å². The second-order valence-electron chi connectivity index (χ2n) is 19.1. The van der Waals surface area contributed by atoms with Gasteiger partial charge >= 0.3 is 12.6 Å². The molecule has 4 amide bonds. The minimum atomic E-state index is -3.03. The van der Waals surface area contributed by atoms with E-state index in [4.69, 9.17) is 9.47 Å². The molecule has 3 aliphatic heterocycles. The third-order valence-corrected chi connectivity index (χ3v) is 13.2. The van der Waals surface area contributed by atoms with E-state index in [1.54, 1.807) is 31.2 Å². The van der Waals surface area contributed by atoms with Crippen molar-refractivity contribution in [3.05, 3.63) is 90.3 Å². The molecule has 1 aromatic heterocycles. The van der Waals surface area contributed by atoms with Crippen LogP contribution in [0.2, 0.25) is 0 Å². The third kappa shape index (κ3) is 11.3. The highest BCUT2D eigenvalue weighted by Crippen LogP contribution is 2.40. The van der Waals surface area contributed by atoms with E-state index in [0.29, 0.717) is 44.3 Å². The monoisotopic (exact) mass is 940 g/mol. The van der Waals surface area contributed by atoms with E-state index in [2.05, 4.69) is 39.5 Å². The van der Waals surface area contributed by atoms with Gasteiger partial charge in [0.1, 0.15) is 24.2 Å². The van der Waals surface area contributed by atoms with Gasteiger partial charge in [0.15, 0.2) is 0 Å². The number of allylic oxidation sites excluding steroid dienone is 2. The second kappa shape index (κ2) is 22.0. The molecule has 366 valence electrons. The van der Waals surface area contributed by atoms with Crippen LogP contribution in [0.25, 0.3) is 27.6 Å². The number of aryl methyl sites for hydroxylation is 1. The van der Waals surface area contributed by atoms with Gasteiger partial charge in [0.05, 0.1) is 23.9 Å². The average molecular weight is 940 g/mol. The quantitative estimate of drug-likeness (QED) is 0.0796. The maximum absolute atomic E-state index is 14.7. The lowest BCUT2D eigenvalue weighted by molar-refractivity contribution is -0.155. The molecular formula is C52H67F2N7O7. The summed E-state index contributed by atoms with van der Waals surface area (Å²) in [4.78, 5) is 76.9. The fourth-order valence-electron chi connectivity index (χ4n) is 9.91. The van der Waals surface area contributed by atoms with Gasteiger partial charge in [-0.25, -0.2) is 5.43 Å². The number of halogens is 2. The second-order valence-corrected chi connectivity index (χ2v) is 19.1. The fraction of sp³-hybridized carbons (Fsp3) is 0.500. The number of nitrogens with zero attached hydrogens (tertiary/aromatic N) is 5. The summed E-state index contributed by atoms with van der Waals surface area (Å²) in [7, 11) is 1.58. The first-order chi connectivity index (χ1) is 32.3. The summed E-state index contributed by atoms with van der Waals surface area (Å²) in [6.45, 7) is 19.0. The molecule has 0 radical (unpaired) electrons. The first-order valence-corrected chi connectivity index (χ1v) is 23.6. The Morgan fingerprint density at radius 3 is 2.46 bits per heavy atom. The number of amides is 4. The van der Waals surface area contributed by atoms with Crippen LogP contribution in [-0.2, 0) is 52.8 Å². The number of likely N-dealkylation sites (tertiary alicyclic amines) is 1. The number of alkyl halides is 2. The summed E-state index contributed by atoms with van der Waals surface area (Å²) >= 11 is 0. The van der Waals surface area contributed by atoms with E-state index in [9.17, 15) is 32.8 Å². The van der Waals surface area contributed by atoms with Gasteiger partial charge in [0, 0.05) is 67.8 Å². The van der Waals surface area contributed by atoms with Crippen LogP contribution in [0.3, 0.4) is 0 Å². The Labute approximate surface area is 398 Å². The molecule has 4 heterocycles. The number of fused-ring (bicyclic) bond motifs is 6. The van der Waals surface area contributed by atoms with Crippen LogP contribution in [0.5, 0.6) is 0 Å². The zero-order chi connectivity index (χ0) is 49.6. The third-order valence-electron chi connectivity index (χ3n) is 13.2. The number of aromatic nitrogens is 1. The number of hydrazine groups is 1. The molecule has 2 N–H and O–H groups in total. The number of carbonyl (C=O) groups excluding carboxylic acids is 5. The van der Waals surface area contributed by atoms with Crippen LogP contribution >= 0.6 is 0 Å². The number of nitrogens with one attached hydrogen (secondary N) is 2. The molecule has 5 atom stereocenters. The number of likely N-dealkylation sites (N-methyl/N-ethyl adjacent to an activating group) is 1. The summed E-state index contributed by atoms with van der Waals surface area (Å²) in [5.74, 6) is -2.85. The summed E-state index contributed by atoms with van der Waals surface area (Å²) in [6.07, 6.45) is 5.15. The Morgan fingerprint density at radius 1 is 1.06 bits per heavy atom. The van der Waals surface area contributed by atoms with E-state index in [1.165, 1.54) is 22.9 Å². The standard InChI is InChI=1S/C52H67F2N7O7/c1-11-37(44(55-13-3)32(7)68-51(53)54)46-39-28-52(8,9)30-67-50(66)40-19-16-23-61(57-40)49(65)41(26-33-17-15-18-34(25-33)35-20-21-42(38(39)27-35)60(46)14-4)56-47(63)45(31(5)6)58(10)48(64)36-22-24-59(29-36)43(62)12-2/h11-13,15,17-18,20-21,25,27,31-32,36,40-41,45,51,57H,1-2,14,16,19,22-24,26,28-30H2,3-10H3,(H,56,63)/b44-37+,55-13-/t32-,36?,40-,41-,45-/m0/s1. The van der Waals surface area contributed by atoms with Crippen LogP contribution in [0, 0.1) is 17.3 Å². The number of cyclic esters (lactones) is 1. The highest BCUT2D eigenvalue weighted by Gasteiger charge is 2.40. The molecular weight excluding hydrogens is 873 g/mol. The fourth-order valence-corrected chi connectivity index (χ4v) is 9.91. The van der Waals surface area contributed by atoms with Crippen LogP contribution in [-0.4, -0.2) is 119 Å². The Morgan fingerprint density at radius 2 is 1.79 bits per heavy atom. The van der Waals surface area contributed by atoms with Gasteiger partial charge in [-0.2, -0.15) is 8.78 Å². The first-order valence-electron chi connectivity index (χ1n) is 23.6. The van der Waals surface area contributed by atoms with Crippen molar-refractivity contribution in [2.75, 3.05) is 33.3 Å². The summed E-state index contributed by atoms with van der Waals surface area (Å²) in [5, 5.41) is 5.31. The first kappa shape index (κ1) is 51.4. The molecule has 2 aromatic carbocycles. The van der Waals surface area contributed by atoms with Gasteiger partial charge in [0.25, 0.3) is 5.91 Å². The zero-order valence-electron chi connectivity index (χ0n) is 40.6. The number of esters is 1. The molecule has 0 spiro atoms. The molecule has 2 saturated heterocycles. The Hall–Kier alpha value is -6.00. The molecule has 3 aliphatic rings. The average Bonchev–Trinajstić information content (AvgIpc) is 3.92. The number of hydrogen-bond acceptors (Lipinski definition) is 9. The predicted molar refractivity (Wildman–Crippen MR) is 259 cm³/mol. The van der Waals surface area contributed by atoms with E-state index in [-0.39, 0.29) is 49.5 Å². The molecule has 3 aromatic rings. The van der Waals surface area contributed by atoms with Gasteiger partial charge in [0.2, 0.25) is 17.7 Å². The molecule has 16 heteroatoms. The van der Waals surface area contributed by atoms with Crippen molar-refractivity contribution < 1.29 is 42.2 Å². The van der Waals surface area contributed by atoms with Crippen molar-refractivity contribution in [3.63, 3.8) is 0 Å². The molecule has 0 aliphatic carbocycles. The molecule has 6 bridgehead atoms. The lowest BCUT2D eigenvalue weighted by Crippen LogP contribution is -2.62. The summed E-state index contributed by atoms with van der Waals surface area (Å²) in [5.41, 5.74) is 8.25. The smallest absolute Gasteiger partial charge is 0.345 e. The van der Waals surface area contributed by atoms with Gasteiger partial charge < -0.3 is 29.2 Å². The van der Waals surface area contributed by atoms with E-state index in [1.807, 2.05) is 71.0 Å². The van der Waals surface area contributed by atoms with E-state index >= 15 is 0 Å². The van der Waals surface area contributed by atoms with Crippen molar-refractivity contribution in [1.82, 2.24) is 30.1 Å². The molecule has 0 saturated carbocycles. The van der Waals surface area contributed by atoms with Gasteiger partial charge in [-0.1, -0.05) is 77.3 Å². The van der Waals surface area contributed by atoms with Crippen molar-refractivity contribution in [3.8, 4) is 11.1 Å². The normalized spacial score (nSPS) is 21.3. The van der Waals surface area contributed by atoms with E-state index in [0.717, 1.165) is 38.9 Å². The molecule has 1 unspecified atom stereocenters. The largest absolute Gasteiger partial charge is 0.464 e. The van der Waals surface area contributed by atoms with Crippen LogP contribution in [0.1, 0.15) is 84.5 Å². The number of aliphatic imine (C=N–C) groups is 1. The Kier molecular flexibility index (Phi) is 16.6. The highest BCUT2D eigenvalue weighted by atomic mass is 19.3. The number of rotatable bonds is 13. The highest BCUT2D eigenvalue weighted by molar-refractivity contribution is 5.96. The van der Waals surface area contributed by atoms with E-state index < -0.39 is 60.0 Å². The maximum Gasteiger partial charge on any atom is 0.345 e. The van der Waals surface area contributed by atoms with Crippen molar-refractivity contribution >= 4 is 52.3 Å². The minimum absolute atomic E-state index is 0.0148.